The van der Waals surface area contributed by atoms with Gasteiger partial charge in [0.25, 0.3) is 0 Å². The van der Waals surface area contributed by atoms with Gasteiger partial charge in [-0.3, -0.25) is 0 Å². The highest BCUT2D eigenvalue weighted by Gasteiger charge is 2.20. The molecule has 1 N–H and O–H groups in total. The van der Waals surface area contributed by atoms with Crippen molar-refractivity contribution in [2.45, 2.75) is 19.4 Å². The first-order valence-electron chi connectivity index (χ1n) is 5.86. The van der Waals surface area contributed by atoms with Crippen LogP contribution in [-0.4, -0.2) is 36.1 Å². The first-order chi connectivity index (χ1) is 8.38. The number of rotatable bonds is 4. The van der Waals surface area contributed by atoms with Crippen molar-refractivity contribution < 1.29 is 4.39 Å². The third kappa shape index (κ3) is 2.79. The molecule has 1 aromatic heterocycles. The lowest BCUT2D eigenvalue weighted by atomic mass is 10.1. The Bertz CT molecular complexity index is 548. The SMILES string of the molecule is CN(C)C(C)(C)CNc1nc2ccc(F)cc2s1. The first-order valence-corrected chi connectivity index (χ1v) is 6.67. The Balaban J connectivity index is 2.13. The van der Waals surface area contributed by atoms with Crippen molar-refractivity contribution in [2.75, 3.05) is 26.0 Å². The molecule has 2 rings (SSSR count). The second-order valence-electron chi connectivity index (χ2n) is 5.19. The average molecular weight is 267 g/mol. The molecule has 0 amide bonds. The van der Waals surface area contributed by atoms with Crippen molar-refractivity contribution in [3.05, 3.63) is 24.0 Å². The van der Waals surface area contributed by atoms with Crippen LogP contribution in [0.5, 0.6) is 0 Å². The molecule has 1 aromatic carbocycles. The van der Waals surface area contributed by atoms with Crippen LogP contribution in [0.25, 0.3) is 10.2 Å². The Hall–Kier alpha value is -1.20. The maximum absolute atomic E-state index is 13.1. The number of aromatic nitrogens is 1. The number of thiazole rings is 1. The van der Waals surface area contributed by atoms with Gasteiger partial charge in [-0.1, -0.05) is 11.3 Å². The zero-order valence-electron chi connectivity index (χ0n) is 11.1. The van der Waals surface area contributed by atoms with Gasteiger partial charge in [-0.15, -0.1) is 0 Å². The first kappa shape index (κ1) is 13.2. The van der Waals surface area contributed by atoms with E-state index in [0.717, 1.165) is 21.9 Å². The van der Waals surface area contributed by atoms with E-state index >= 15 is 0 Å². The smallest absolute Gasteiger partial charge is 0.183 e. The topological polar surface area (TPSA) is 28.2 Å². The fraction of sp³-hybridized carbons (Fsp3) is 0.462. The van der Waals surface area contributed by atoms with Crippen molar-refractivity contribution in [2.24, 2.45) is 0 Å². The number of halogens is 1. The number of nitrogens with zero attached hydrogens (tertiary/aromatic N) is 2. The minimum atomic E-state index is -0.216. The summed E-state index contributed by atoms with van der Waals surface area (Å²) < 4.78 is 14.0. The van der Waals surface area contributed by atoms with E-state index in [1.165, 1.54) is 23.5 Å². The molecule has 0 aliphatic carbocycles. The van der Waals surface area contributed by atoms with Crippen molar-refractivity contribution in [1.29, 1.82) is 0 Å². The molecule has 0 radical (unpaired) electrons. The molecule has 1 heterocycles. The van der Waals surface area contributed by atoms with Gasteiger partial charge < -0.3 is 10.2 Å². The largest absolute Gasteiger partial charge is 0.360 e. The molecular formula is C13H18FN3S. The van der Waals surface area contributed by atoms with Gasteiger partial charge in [-0.05, 0) is 46.1 Å². The predicted molar refractivity (Wildman–Crippen MR) is 75.8 cm³/mol. The number of fused-ring (bicyclic) bond motifs is 1. The number of benzene rings is 1. The van der Waals surface area contributed by atoms with Crippen LogP contribution >= 0.6 is 11.3 Å². The zero-order chi connectivity index (χ0) is 13.3. The van der Waals surface area contributed by atoms with Gasteiger partial charge in [0.1, 0.15) is 5.82 Å². The van der Waals surface area contributed by atoms with Crippen LogP contribution in [0.3, 0.4) is 0 Å². The number of nitrogens with one attached hydrogen (secondary N) is 1. The molecule has 98 valence electrons. The van der Waals surface area contributed by atoms with Gasteiger partial charge in [0, 0.05) is 12.1 Å². The molecule has 0 atom stereocenters. The Morgan fingerprint density at radius 2 is 2.11 bits per heavy atom. The lowest BCUT2D eigenvalue weighted by Crippen LogP contribution is -2.44. The normalized spacial score (nSPS) is 12.3. The molecular weight excluding hydrogens is 249 g/mol. The Labute approximate surface area is 111 Å². The molecule has 0 bridgehead atoms. The summed E-state index contributed by atoms with van der Waals surface area (Å²) in [7, 11) is 4.10. The van der Waals surface area contributed by atoms with E-state index in [4.69, 9.17) is 0 Å². The van der Waals surface area contributed by atoms with Crippen LogP contribution in [0, 0.1) is 5.82 Å². The summed E-state index contributed by atoms with van der Waals surface area (Å²) in [4.78, 5) is 6.60. The van der Waals surface area contributed by atoms with E-state index in [-0.39, 0.29) is 11.4 Å². The molecule has 0 spiro atoms. The van der Waals surface area contributed by atoms with E-state index in [2.05, 4.69) is 43.1 Å². The summed E-state index contributed by atoms with van der Waals surface area (Å²) in [5, 5.41) is 4.16. The van der Waals surface area contributed by atoms with Crippen LogP contribution in [-0.2, 0) is 0 Å². The molecule has 0 saturated carbocycles. The second kappa shape index (κ2) is 4.82. The lowest BCUT2D eigenvalue weighted by Gasteiger charge is -2.32. The van der Waals surface area contributed by atoms with Crippen LogP contribution in [0.2, 0.25) is 0 Å². The maximum atomic E-state index is 13.1. The van der Waals surface area contributed by atoms with Crippen LogP contribution in [0.1, 0.15) is 13.8 Å². The number of anilines is 1. The molecule has 2 aromatic rings. The molecule has 0 fully saturated rings. The van der Waals surface area contributed by atoms with Gasteiger partial charge >= 0.3 is 0 Å². The highest BCUT2D eigenvalue weighted by molar-refractivity contribution is 7.22. The Morgan fingerprint density at radius 1 is 1.39 bits per heavy atom. The van der Waals surface area contributed by atoms with Crippen molar-refractivity contribution in [3.8, 4) is 0 Å². The molecule has 0 aliphatic rings. The van der Waals surface area contributed by atoms with Crippen LogP contribution < -0.4 is 5.32 Å². The van der Waals surface area contributed by atoms with E-state index in [1.54, 1.807) is 6.07 Å². The van der Waals surface area contributed by atoms with Gasteiger partial charge in [0.15, 0.2) is 5.13 Å². The van der Waals surface area contributed by atoms with Crippen molar-refractivity contribution >= 4 is 26.7 Å². The summed E-state index contributed by atoms with van der Waals surface area (Å²) in [6.07, 6.45) is 0. The van der Waals surface area contributed by atoms with Crippen LogP contribution in [0.4, 0.5) is 9.52 Å². The Kier molecular flexibility index (Phi) is 3.54. The summed E-state index contributed by atoms with van der Waals surface area (Å²) >= 11 is 1.48. The third-order valence-electron chi connectivity index (χ3n) is 3.23. The lowest BCUT2D eigenvalue weighted by molar-refractivity contribution is 0.210. The molecule has 0 saturated heterocycles. The zero-order valence-corrected chi connectivity index (χ0v) is 11.9. The molecule has 5 heteroatoms. The second-order valence-corrected chi connectivity index (χ2v) is 6.22. The van der Waals surface area contributed by atoms with Crippen molar-refractivity contribution in [3.63, 3.8) is 0 Å². The highest BCUT2D eigenvalue weighted by atomic mass is 32.1. The van der Waals surface area contributed by atoms with Gasteiger partial charge in [0.2, 0.25) is 0 Å². The van der Waals surface area contributed by atoms with E-state index < -0.39 is 0 Å². The molecule has 3 nitrogen and oxygen atoms in total. The average Bonchev–Trinajstić information content (AvgIpc) is 2.68. The number of hydrogen-bond donors (Lipinski definition) is 1. The van der Waals surface area contributed by atoms with Gasteiger partial charge in [-0.25, -0.2) is 9.37 Å². The van der Waals surface area contributed by atoms with Crippen molar-refractivity contribution in [1.82, 2.24) is 9.88 Å². The maximum Gasteiger partial charge on any atom is 0.183 e. The monoisotopic (exact) mass is 267 g/mol. The summed E-state index contributed by atoms with van der Waals surface area (Å²) in [6.45, 7) is 5.11. The Morgan fingerprint density at radius 3 is 2.78 bits per heavy atom. The molecule has 18 heavy (non-hydrogen) atoms. The predicted octanol–water partition coefficient (Wildman–Crippen LogP) is 3.19. The molecule has 0 aliphatic heterocycles. The van der Waals surface area contributed by atoms with E-state index in [0.29, 0.717) is 0 Å². The van der Waals surface area contributed by atoms with Crippen LogP contribution in [0.15, 0.2) is 18.2 Å². The van der Waals surface area contributed by atoms with E-state index in [1.807, 2.05) is 0 Å². The summed E-state index contributed by atoms with van der Waals surface area (Å²) in [5.41, 5.74) is 0.884. The number of hydrogen-bond acceptors (Lipinski definition) is 4. The minimum Gasteiger partial charge on any atom is -0.360 e. The van der Waals surface area contributed by atoms with Gasteiger partial charge in [0.05, 0.1) is 10.2 Å². The fourth-order valence-electron chi connectivity index (χ4n) is 1.42. The minimum absolute atomic E-state index is 0.0447. The number of likely N-dealkylation sites (N-methyl/N-ethyl adjacent to an activating group) is 1. The quantitative estimate of drug-likeness (QED) is 0.922. The van der Waals surface area contributed by atoms with E-state index in [9.17, 15) is 4.39 Å². The molecule has 0 unspecified atom stereocenters. The highest BCUT2D eigenvalue weighted by Crippen LogP contribution is 2.27. The fourth-order valence-corrected chi connectivity index (χ4v) is 2.31. The third-order valence-corrected chi connectivity index (χ3v) is 4.21. The summed E-state index contributed by atoms with van der Waals surface area (Å²) in [6, 6.07) is 4.67. The summed E-state index contributed by atoms with van der Waals surface area (Å²) in [5.74, 6) is -0.216. The van der Waals surface area contributed by atoms with Gasteiger partial charge in [-0.2, -0.15) is 0 Å². The standard InChI is InChI=1S/C13H18FN3S/c1-13(2,17(3)4)8-15-12-16-10-6-5-9(14)7-11(10)18-12/h5-7H,8H2,1-4H3,(H,15,16).